The molecule has 2 aromatic heterocycles. The zero-order chi connectivity index (χ0) is 14.2. The summed E-state index contributed by atoms with van der Waals surface area (Å²) in [5.74, 6) is 0.888. The molecule has 108 valence electrons. The van der Waals surface area contributed by atoms with Crippen LogP contribution in [0.15, 0.2) is 27.8 Å². The summed E-state index contributed by atoms with van der Waals surface area (Å²) in [5.41, 5.74) is 2.62. The van der Waals surface area contributed by atoms with Crippen molar-refractivity contribution in [2.45, 2.75) is 24.1 Å². The number of fused-ring (bicyclic) bond motifs is 3. The second kappa shape index (κ2) is 5.55. The molecular formula is C14H13BrN4OS. The van der Waals surface area contributed by atoms with Gasteiger partial charge in [0.15, 0.2) is 5.65 Å². The number of aromatic nitrogens is 4. The molecule has 1 aliphatic heterocycles. The number of nitrogens with one attached hydrogen (secondary N) is 1. The Morgan fingerprint density at radius 2 is 2.33 bits per heavy atom. The number of aromatic amines is 1. The van der Waals surface area contributed by atoms with Gasteiger partial charge in [-0.2, -0.15) is 0 Å². The van der Waals surface area contributed by atoms with E-state index < -0.39 is 0 Å². The lowest BCUT2D eigenvalue weighted by atomic mass is 10.2. The number of hydrogen-bond acceptors (Lipinski definition) is 5. The SMILES string of the molecule is Brc1ccc2[nH]c3nc(SCC4CCCO4)nnc3c2c1. The average molecular weight is 365 g/mol. The van der Waals surface area contributed by atoms with Crippen molar-refractivity contribution >= 4 is 49.8 Å². The molecule has 3 heterocycles. The van der Waals surface area contributed by atoms with Crippen molar-refractivity contribution in [1.29, 1.82) is 0 Å². The van der Waals surface area contributed by atoms with Gasteiger partial charge in [-0.15, -0.1) is 10.2 Å². The Balaban J connectivity index is 1.64. The van der Waals surface area contributed by atoms with E-state index in [0.29, 0.717) is 11.3 Å². The van der Waals surface area contributed by atoms with Crippen molar-refractivity contribution in [3.05, 3.63) is 22.7 Å². The van der Waals surface area contributed by atoms with Crippen LogP contribution >= 0.6 is 27.7 Å². The molecule has 7 heteroatoms. The summed E-state index contributed by atoms with van der Waals surface area (Å²) in [4.78, 5) is 7.86. The minimum atomic E-state index is 0.327. The third kappa shape index (κ3) is 2.65. The highest BCUT2D eigenvalue weighted by Crippen LogP contribution is 2.27. The van der Waals surface area contributed by atoms with Gasteiger partial charge < -0.3 is 9.72 Å². The highest BCUT2D eigenvalue weighted by atomic mass is 79.9. The van der Waals surface area contributed by atoms with E-state index in [4.69, 9.17) is 4.74 Å². The summed E-state index contributed by atoms with van der Waals surface area (Å²) in [6.45, 7) is 0.875. The van der Waals surface area contributed by atoms with Gasteiger partial charge in [0, 0.05) is 27.7 Å². The van der Waals surface area contributed by atoms with E-state index in [2.05, 4.69) is 36.1 Å². The molecule has 0 bridgehead atoms. The number of rotatable bonds is 3. The third-order valence-corrected chi connectivity index (χ3v) is 5.04. The maximum Gasteiger partial charge on any atom is 0.211 e. The summed E-state index contributed by atoms with van der Waals surface area (Å²) >= 11 is 5.09. The third-order valence-electron chi connectivity index (χ3n) is 3.58. The van der Waals surface area contributed by atoms with Gasteiger partial charge in [0.05, 0.1) is 6.10 Å². The van der Waals surface area contributed by atoms with E-state index in [1.165, 1.54) is 0 Å². The normalized spacial score (nSPS) is 18.8. The fourth-order valence-electron chi connectivity index (χ4n) is 2.53. The van der Waals surface area contributed by atoms with Crippen molar-refractivity contribution < 1.29 is 4.74 Å². The monoisotopic (exact) mass is 364 g/mol. The smallest absolute Gasteiger partial charge is 0.211 e. The molecule has 5 nitrogen and oxygen atoms in total. The maximum atomic E-state index is 5.61. The van der Waals surface area contributed by atoms with Crippen molar-refractivity contribution in [2.75, 3.05) is 12.4 Å². The Labute approximate surface area is 134 Å². The summed E-state index contributed by atoms with van der Waals surface area (Å²) in [7, 11) is 0. The molecule has 0 spiro atoms. The van der Waals surface area contributed by atoms with E-state index >= 15 is 0 Å². The first-order valence-corrected chi connectivity index (χ1v) is 8.63. The van der Waals surface area contributed by atoms with Gasteiger partial charge in [-0.25, -0.2) is 4.98 Å². The van der Waals surface area contributed by atoms with E-state index in [-0.39, 0.29) is 0 Å². The van der Waals surface area contributed by atoms with Crippen molar-refractivity contribution in [1.82, 2.24) is 20.2 Å². The predicted molar refractivity (Wildman–Crippen MR) is 86.6 cm³/mol. The summed E-state index contributed by atoms with van der Waals surface area (Å²) in [5, 5.41) is 10.3. The maximum absolute atomic E-state index is 5.61. The van der Waals surface area contributed by atoms with Crippen LogP contribution in [0.5, 0.6) is 0 Å². The van der Waals surface area contributed by atoms with E-state index in [1.807, 2.05) is 18.2 Å². The van der Waals surface area contributed by atoms with Crippen LogP contribution < -0.4 is 0 Å². The second-order valence-electron chi connectivity index (χ2n) is 5.05. The topological polar surface area (TPSA) is 63.7 Å². The second-order valence-corrected chi connectivity index (χ2v) is 6.96. The first-order valence-electron chi connectivity index (χ1n) is 6.86. The quantitative estimate of drug-likeness (QED) is 0.720. The predicted octanol–water partition coefficient (Wildman–Crippen LogP) is 3.54. The summed E-state index contributed by atoms with van der Waals surface area (Å²) < 4.78 is 6.64. The van der Waals surface area contributed by atoms with E-state index in [9.17, 15) is 0 Å². The highest BCUT2D eigenvalue weighted by molar-refractivity contribution is 9.10. The van der Waals surface area contributed by atoms with Crippen molar-refractivity contribution in [2.24, 2.45) is 0 Å². The van der Waals surface area contributed by atoms with Crippen molar-refractivity contribution in [3.63, 3.8) is 0 Å². The number of hydrogen-bond donors (Lipinski definition) is 1. The molecule has 1 atom stereocenters. The fraction of sp³-hybridized carbons (Fsp3) is 0.357. The van der Waals surface area contributed by atoms with Crippen LogP contribution in [0.3, 0.4) is 0 Å². The molecule has 0 amide bonds. The first kappa shape index (κ1) is 13.5. The van der Waals surface area contributed by atoms with Gasteiger partial charge in [0.25, 0.3) is 0 Å². The minimum Gasteiger partial charge on any atom is -0.377 e. The zero-order valence-electron chi connectivity index (χ0n) is 11.2. The van der Waals surface area contributed by atoms with Crippen LogP contribution in [-0.4, -0.2) is 38.6 Å². The molecule has 1 N–H and O–H groups in total. The van der Waals surface area contributed by atoms with Gasteiger partial charge in [-0.1, -0.05) is 27.7 Å². The van der Waals surface area contributed by atoms with Gasteiger partial charge in [-0.05, 0) is 31.0 Å². The molecule has 1 fully saturated rings. The number of H-pyrrole nitrogens is 1. The largest absolute Gasteiger partial charge is 0.377 e. The van der Waals surface area contributed by atoms with Gasteiger partial charge in [0.1, 0.15) is 5.52 Å². The van der Waals surface area contributed by atoms with Gasteiger partial charge in [0.2, 0.25) is 5.16 Å². The Morgan fingerprint density at radius 3 is 3.19 bits per heavy atom. The van der Waals surface area contributed by atoms with Crippen LogP contribution in [0.2, 0.25) is 0 Å². The number of thioether (sulfide) groups is 1. The number of halogens is 1. The molecule has 1 unspecified atom stereocenters. The lowest BCUT2D eigenvalue weighted by molar-refractivity contribution is 0.129. The number of benzene rings is 1. The van der Waals surface area contributed by atoms with Crippen LogP contribution in [0, 0.1) is 0 Å². The van der Waals surface area contributed by atoms with Crippen LogP contribution in [0.25, 0.3) is 22.1 Å². The molecule has 1 aromatic carbocycles. The van der Waals surface area contributed by atoms with Gasteiger partial charge in [-0.3, -0.25) is 0 Å². The zero-order valence-corrected chi connectivity index (χ0v) is 13.6. The first-order chi connectivity index (χ1) is 10.3. The van der Waals surface area contributed by atoms with Crippen molar-refractivity contribution in [3.8, 4) is 0 Å². The molecule has 0 radical (unpaired) electrons. The minimum absolute atomic E-state index is 0.327. The van der Waals surface area contributed by atoms with E-state index in [0.717, 1.165) is 51.7 Å². The molecule has 0 saturated carbocycles. The van der Waals surface area contributed by atoms with Crippen LogP contribution in [0.1, 0.15) is 12.8 Å². The highest BCUT2D eigenvalue weighted by Gasteiger charge is 2.17. The molecule has 1 saturated heterocycles. The summed E-state index contributed by atoms with van der Waals surface area (Å²) in [6.07, 6.45) is 2.61. The van der Waals surface area contributed by atoms with Crippen LogP contribution in [-0.2, 0) is 4.74 Å². The van der Waals surface area contributed by atoms with E-state index in [1.54, 1.807) is 11.8 Å². The number of nitrogens with zero attached hydrogens (tertiary/aromatic N) is 3. The molecule has 0 aliphatic carbocycles. The Bertz CT molecular complexity index is 800. The molecule has 3 aromatic rings. The molecule has 1 aliphatic rings. The lowest BCUT2D eigenvalue weighted by Gasteiger charge is -2.06. The molecule has 21 heavy (non-hydrogen) atoms. The van der Waals surface area contributed by atoms with Crippen LogP contribution in [0.4, 0.5) is 0 Å². The van der Waals surface area contributed by atoms with Gasteiger partial charge >= 0.3 is 0 Å². The lowest BCUT2D eigenvalue weighted by Crippen LogP contribution is -2.08. The molecular weight excluding hydrogens is 352 g/mol. The molecule has 4 rings (SSSR count). The Kier molecular flexibility index (Phi) is 3.56. The summed E-state index contributed by atoms with van der Waals surface area (Å²) in [6, 6.07) is 6.05. The fourth-order valence-corrected chi connectivity index (χ4v) is 3.75. The number of ether oxygens (including phenoxy) is 1. The average Bonchev–Trinajstić information content (AvgIpc) is 3.11. The Hall–Kier alpha value is -1.18. The Morgan fingerprint density at radius 1 is 1.38 bits per heavy atom. The standard InChI is InChI=1S/C14H13BrN4OS/c15-8-3-4-11-10(6-8)12-13(16-11)17-14(19-18-12)21-7-9-2-1-5-20-9/h3-4,6,9H,1-2,5,7H2,(H,16,17,19).